The van der Waals surface area contributed by atoms with E-state index in [0.717, 1.165) is 18.2 Å². The van der Waals surface area contributed by atoms with Crippen LogP contribution in [0.15, 0.2) is 52.9 Å². The predicted octanol–water partition coefficient (Wildman–Crippen LogP) is 4.19. The van der Waals surface area contributed by atoms with Crippen molar-refractivity contribution in [3.8, 4) is 11.1 Å². The first-order valence-corrected chi connectivity index (χ1v) is 13.4. The van der Waals surface area contributed by atoms with Crippen LogP contribution in [0.3, 0.4) is 0 Å². The Morgan fingerprint density at radius 3 is 2.54 bits per heavy atom. The first-order valence-electron chi connectivity index (χ1n) is 12.4. The standard InChI is InChI=1S/C27H28F4N4O3S/c1-4-21(36)33-9-10-34(15(2)12-33)25-19-11-20(27(29,30)31)22(16-5-7-17(28)8-6-16)24-23(19)35(26(37)32-25)13-18(38-3)14-39-24/h4-8,11,15,18,26,37H,1,9-10,12-14H2,2-3H3/t15-,18+,26?/m0/s1. The average molecular weight is 565 g/mol. The molecule has 1 saturated heterocycles. The highest BCUT2D eigenvalue weighted by atomic mass is 32.2. The number of carbonyl (C=O) groups excluding carboxylic acids is 1. The predicted molar refractivity (Wildman–Crippen MR) is 141 cm³/mol. The van der Waals surface area contributed by atoms with Crippen molar-refractivity contribution in [1.29, 1.82) is 0 Å². The summed E-state index contributed by atoms with van der Waals surface area (Å²) in [5.74, 6) is -0.203. The Kier molecular flexibility index (Phi) is 7.38. The molecule has 3 heterocycles. The van der Waals surface area contributed by atoms with E-state index in [0.29, 0.717) is 36.0 Å². The fourth-order valence-corrected chi connectivity index (χ4v) is 6.67. The molecule has 2 aromatic rings. The molecular weight excluding hydrogens is 536 g/mol. The molecular formula is C27H28F4N4O3S. The Morgan fingerprint density at radius 1 is 1.21 bits per heavy atom. The molecule has 0 saturated carbocycles. The van der Waals surface area contributed by atoms with Crippen molar-refractivity contribution in [3.63, 3.8) is 0 Å². The molecule has 0 radical (unpaired) electrons. The van der Waals surface area contributed by atoms with Crippen LogP contribution in [-0.2, 0) is 15.7 Å². The number of piperazine rings is 1. The van der Waals surface area contributed by atoms with E-state index in [2.05, 4.69) is 11.6 Å². The number of benzene rings is 2. The molecule has 1 amide bonds. The van der Waals surface area contributed by atoms with Crippen LogP contribution in [0, 0.1) is 5.82 Å². The van der Waals surface area contributed by atoms with Crippen LogP contribution in [0.2, 0.25) is 0 Å². The molecule has 3 aliphatic rings. The number of amidine groups is 1. The van der Waals surface area contributed by atoms with Gasteiger partial charge in [0.05, 0.1) is 17.4 Å². The molecule has 1 N–H and O–H groups in total. The second-order valence-electron chi connectivity index (χ2n) is 9.68. The van der Waals surface area contributed by atoms with Gasteiger partial charge in [-0.25, -0.2) is 9.38 Å². The summed E-state index contributed by atoms with van der Waals surface area (Å²) in [4.78, 5) is 22.0. The number of nitrogens with zero attached hydrogens (tertiary/aromatic N) is 4. The molecule has 0 aliphatic carbocycles. The van der Waals surface area contributed by atoms with E-state index in [4.69, 9.17) is 4.74 Å². The second-order valence-corrected chi connectivity index (χ2v) is 10.7. The highest BCUT2D eigenvalue weighted by molar-refractivity contribution is 7.99. The Labute approximate surface area is 227 Å². The highest BCUT2D eigenvalue weighted by Gasteiger charge is 2.43. The van der Waals surface area contributed by atoms with Crippen molar-refractivity contribution in [1.82, 2.24) is 9.80 Å². The van der Waals surface area contributed by atoms with E-state index in [9.17, 15) is 27.5 Å². The van der Waals surface area contributed by atoms with Gasteiger partial charge in [0.1, 0.15) is 11.7 Å². The number of aliphatic hydroxyl groups is 1. The number of alkyl halides is 3. The van der Waals surface area contributed by atoms with E-state index in [1.165, 1.54) is 37.1 Å². The van der Waals surface area contributed by atoms with Crippen molar-refractivity contribution in [2.45, 2.75) is 36.5 Å². The molecule has 208 valence electrons. The van der Waals surface area contributed by atoms with E-state index in [1.807, 2.05) is 11.8 Å². The zero-order valence-corrected chi connectivity index (χ0v) is 22.2. The number of thioether (sulfide) groups is 1. The SMILES string of the molecule is C=CC(=O)N1CCN(C2=NC(O)N3C[C@@H](OC)CSc4c(-c5ccc(F)cc5)c(C(F)(F)F)cc2c43)[C@@H](C)C1. The fourth-order valence-electron chi connectivity index (χ4n) is 5.34. The lowest BCUT2D eigenvalue weighted by atomic mass is 9.93. The van der Waals surface area contributed by atoms with Gasteiger partial charge in [-0.05, 0) is 36.8 Å². The third-order valence-electron chi connectivity index (χ3n) is 7.27. The summed E-state index contributed by atoms with van der Waals surface area (Å²) in [6, 6.07) is 5.72. The molecule has 5 rings (SSSR count). The second kappa shape index (κ2) is 10.5. The maximum atomic E-state index is 14.7. The van der Waals surface area contributed by atoms with Crippen LogP contribution in [0.1, 0.15) is 18.1 Å². The minimum Gasteiger partial charge on any atom is -0.379 e. The van der Waals surface area contributed by atoms with Crippen LogP contribution < -0.4 is 4.90 Å². The number of rotatable bonds is 3. The van der Waals surface area contributed by atoms with Gasteiger partial charge in [-0.1, -0.05) is 18.7 Å². The van der Waals surface area contributed by atoms with Gasteiger partial charge in [0.15, 0.2) is 0 Å². The Morgan fingerprint density at radius 2 is 1.92 bits per heavy atom. The quantitative estimate of drug-likeness (QED) is 0.446. The van der Waals surface area contributed by atoms with Crippen molar-refractivity contribution in [3.05, 3.63) is 59.9 Å². The number of aliphatic imine (C=N–C) groups is 1. The smallest absolute Gasteiger partial charge is 0.379 e. The summed E-state index contributed by atoms with van der Waals surface area (Å²) < 4.78 is 63.3. The van der Waals surface area contributed by atoms with E-state index in [-0.39, 0.29) is 47.1 Å². The molecule has 3 atom stereocenters. The molecule has 2 aromatic carbocycles. The zero-order valence-electron chi connectivity index (χ0n) is 21.4. The number of ether oxygens (including phenoxy) is 1. The maximum Gasteiger partial charge on any atom is 0.417 e. The number of hydrogen-bond acceptors (Lipinski definition) is 7. The summed E-state index contributed by atoms with van der Waals surface area (Å²) in [6.07, 6.45) is -5.24. The third-order valence-corrected chi connectivity index (χ3v) is 8.50. The minimum atomic E-state index is -4.73. The number of methoxy groups -OCH3 is 1. The average Bonchev–Trinajstić information content (AvgIpc) is 3.11. The maximum absolute atomic E-state index is 14.7. The molecule has 12 heteroatoms. The van der Waals surface area contributed by atoms with E-state index in [1.54, 1.807) is 9.80 Å². The van der Waals surface area contributed by atoms with Crippen LogP contribution in [0.5, 0.6) is 0 Å². The fraction of sp³-hybridized carbons (Fsp3) is 0.407. The molecule has 3 aliphatic heterocycles. The summed E-state index contributed by atoms with van der Waals surface area (Å²) in [5, 5.41) is 11.2. The molecule has 1 unspecified atom stereocenters. The van der Waals surface area contributed by atoms with Crippen molar-refractivity contribution in [2.75, 3.05) is 43.9 Å². The molecule has 0 spiro atoms. The number of carbonyl (C=O) groups is 1. The molecule has 39 heavy (non-hydrogen) atoms. The van der Waals surface area contributed by atoms with E-state index >= 15 is 0 Å². The van der Waals surface area contributed by atoms with Gasteiger partial charge < -0.3 is 24.5 Å². The number of halogens is 4. The summed E-state index contributed by atoms with van der Waals surface area (Å²) in [6.45, 7) is 6.57. The molecule has 0 bridgehead atoms. The normalized spacial score (nSPS) is 23.2. The molecule has 1 fully saturated rings. The minimum absolute atomic E-state index is 0.0732. The van der Waals surface area contributed by atoms with Crippen LogP contribution >= 0.6 is 11.8 Å². The zero-order chi connectivity index (χ0) is 28.1. The van der Waals surface area contributed by atoms with Crippen molar-refractivity contribution >= 4 is 29.2 Å². The third kappa shape index (κ3) is 5.01. The lowest BCUT2D eigenvalue weighted by Gasteiger charge is -2.44. The Balaban J connectivity index is 1.72. The van der Waals surface area contributed by atoms with Gasteiger partial charge in [0, 0.05) is 61.1 Å². The van der Waals surface area contributed by atoms with Gasteiger partial charge >= 0.3 is 6.18 Å². The summed E-state index contributed by atoms with van der Waals surface area (Å²) in [7, 11) is 1.51. The largest absolute Gasteiger partial charge is 0.417 e. The van der Waals surface area contributed by atoms with Crippen molar-refractivity contribution in [2.24, 2.45) is 4.99 Å². The lowest BCUT2D eigenvalue weighted by molar-refractivity contribution is -0.137. The first kappa shape index (κ1) is 27.5. The van der Waals surface area contributed by atoms with Gasteiger partial charge in [0.25, 0.3) is 0 Å². The van der Waals surface area contributed by atoms with Gasteiger partial charge in [-0.2, -0.15) is 13.2 Å². The molecule has 7 nitrogen and oxygen atoms in total. The van der Waals surface area contributed by atoms with Gasteiger partial charge in [-0.3, -0.25) is 4.79 Å². The number of aliphatic hydroxyl groups excluding tert-OH is 1. The van der Waals surface area contributed by atoms with Crippen molar-refractivity contribution < 1.29 is 32.2 Å². The highest BCUT2D eigenvalue weighted by Crippen LogP contribution is 2.51. The van der Waals surface area contributed by atoms with E-state index < -0.39 is 23.9 Å². The van der Waals surface area contributed by atoms with Crippen LogP contribution in [0.25, 0.3) is 11.1 Å². The van der Waals surface area contributed by atoms with Gasteiger partial charge in [0.2, 0.25) is 12.3 Å². The Bertz CT molecular complexity index is 1320. The monoisotopic (exact) mass is 564 g/mol. The topological polar surface area (TPSA) is 68.6 Å². The number of anilines is 1. The van der Waals surface area contributed by atoms with Crippen LogP contribution in [0.4, 0.5) is 23.2 Å². The lowest BCUT2D eigenvalue weighted by Crippen LogP contribution is -2.57. The summed E-state index contributed by atoms with van der Waals surface area (Å²) >= 11 is 1.22. The number of amides is 1. The number of hydrogen-bond donors (Lipinski definition) is 1. The summed E-state index contributed by atoms with van der Waals surface area (Å²) in [5.41, 5.74) is -0.0538. The van der Waals surface area contributed by atoms with Crippen LogP contribution in [-0.4, -0.2) is 84.2 Å². The van der Waals surface area contributed by atoms with Gasteiger partial charge in [-0.15, -0.1) is 11.8 Å². The molecule has 0 aromatic heterocycles. The Hall–Kier alpha value is -3.09. The first-order chi connectivity index (χ1) is 18.5.